The van der Waals surface area contributed by atoms with E-state index in [1.165, 1.54) is 89.0 Å². The van der Waals surface area contributed by atoms with Crippen LogP contribution in [0.3, 0.4) is 0 Å². The first-order valence-electron chi connectivity index (χ1n) is 13.3. The summed E-state index contributed by atoms with van der Waals surface area (Å²) in [6.45, 7) is 4.38. The molecule has 0 saturated carbocycles. The van der Waals surface area contributed by atoms with Crippen LogP contribution >= 0.6 is 0 Å². The third kappa shape index (κ3) is 7.87. The normalized spacial score (nSPS) is 11.5. The van der Waals surface area contributed by atoms with Gasteiger partial charge in [0, 0.05) is 11.1 Å². The first-order valence-corrected chi connectivity index (χ1v) is 13.3. The van der Waals surface area contributed by atoms with Gasteiger partial charge >= 0.3 is 0 Å². The molecular weight excluding hydrogens is 406 g/mol. The van der Waals surface area contributed by atoms with E-state index in [1.807, 2.05) is 24.3 Å². The Morgan fingerprint density at radius 2 is 1.33 bits per heavy atom. The molecule has 180 valence electrons. The second-order valence-corrected chi connectivity index (χ2v) is 9.66. The molecule has 1 heterocycles. The van der Waals surface area contributed by atoms with Gasteiger partial charge < -0.3 is 5.11 Å². The minimum absolute atomic E-state index is 0.394. The molecular formula is C29H43N3O. The third-order valence-corrected chi connectivity index (χ3v) is 6.77. The number of benzene rings is 2. The number of phenols is 1. The van der Waals surface area contributed by atoms with Crippen LogP contribution in [0.5, 0.6) is 5.75 Å². The first kappa shape index (κ1) is 25.3. The van der Waals surface area contributed by atoms with Gasteiger partial charge in [0.1, 0.15) is 16.8 Å². The number of aromatic hydroxyl groups is 1. The third-order valence-electron chi connectivity index (χ3n) is 6.77. The van der Waals surface area contributed by atoms with Gasteiger partial charge in [-0.25, -0.2) is 0 Å². The minimum atomic E-state index is 0.394. The molecule has 0 aliphatic heterocycles. The van der Waals surface area contributed by atoms with Crippen LogP contribution in [0.2, 0.25) is 0 Å². The molecule has 0 radical (unpaired) electrons. The Morgan fingerprint density at radius 3 is 1.97 bits per heavy atom. The number of para-hydroxylation sites is 1. The Hall–Kier alpha value is -2.36. The Balaban J connectivity index is 1.36. The number of H-pyrrole nitrogens is 1. The highest BCUT2D eigenvalue weighted by Crippen LogP contribution is 2.37. The van der Waals surface area contributed by atoms with E-state index in [1.54, 1.807) is 0 Å². The molecule has 2 aromatic carbocycles. The minimum Gasteiger partial charge on any atom is -0.507 e. The number of rotatable bonds is 16. The number of aromatic amines is 1. The fraction of sp³-hybridized carbons (Fsp3) is 0.586. The zero-order chi connectivity index (χ0) is 23.3. The van der Waals surface area contributed by atoms with E-state index in [-0.39, 0.29) is 0 Å². The van der Waals surface area contributed by atoms with Gasteiger partial charge in [-0.05, 0) is 43.0 Å². The van der Waals surface area contributed by atoms with E-state index in [4.69, 9.17) is 0 Å². The van der Waals surface area contributed by atoms with Gasteiger partial charge in [-0.1, -0.05) is 109 Å². The van der Waals surface area contributed by atoms with Crippen molar-refractivity contribution in [2.24, 2.45) is 0 Å². The van der Waals surface area contributed by atoms with Crippen LogP contribution in [0.4, 0.5) is 0 Å². The largest absolute Gasteiger partial charge is 0.507 e. The number of aryl methyl sites for hydroxylation is 2. The lowest BCUT2D eigenvalue weighted by atomic mass is 9.95. The molecule has 0 aliphatic carbocycles. The molecule has 3 aromatic rings. The van der Waals surface area contributed by atoms with Crippen molar-refractivity contribution < 1.29 is 5.11 Å². The van der Waals surface area contributed by atoms with Crippen LogP contribution in [0, 0.1) is 6.92 Å². The SMILES string of the molecule is CCCCCCCCCCCCCCCCc1cc(C)cc(-c2cccc3n[nH]nc23)c1O. The number of unbranched alkanes of at least 4 members (excludes halogenated alkanes) is 13. The molecule has 33 heavy (non-hydrogen) atoms. The lowest BCUT2D eigenvalue weighted by Crippen LogP contribution is -1.92. The van der Waals surface area contributed by atoms with Crippen molar-refractivity contribution in [2.75, 3.05) is 0 Å². The Bertz CT molecular complexity index is 963. The van der Waals surface area contributed by atoms with Gasteiger partial charge in [0.2, 0.25) is 0 Å². The summed E-state index contributed by atoms with van der Waals surface area (Å²) in [5.41, 5.74) is 5.63. The quantitative estimate of drug-likeness (QED) is 0.215. The van der Waals surface area contributed by atoms with Crippen molar-refractivity contribution in [1.29, 1.82) is 0 Å². The molecule has 0 spiro atoms. The predicted molar refractivity (Wildman–Crippen MR) is 140 cm³/mol. The lowest BCUT2D eigenvalue weighted by molar-refractivity contribution is 0.467. The van der Waals surface area contributed by atoms with E-state index in [0.717, 1.165) is 40.6 Å². The van der Waals surface area contributed by atoms with Gasteiger partial charge in [0.15, 0.2) is 0 Å². The van der Waals surface area contributed by atoms with E-state index < -0.39 is 0 Å². The average molecular weight is 450 g/mol. The molecule has 0 bridgehead atoms. The number of fused-ring (bicyclic) bond motifs is 1. The maximum Gasteiger partial charge on any atom is 0.126 e. The molecule has 1 aromatic heterocycles. The highest BCUT2D eigenvalue weighted by Gasteiger charge is 2.14. The van der Waals surface area contributed by atoms with Crippen LogP contribution in [-0.4, -0.2) is 20.5 Å². The van der Waals surface area contributed by atoms with E-state index in [2.05, 4.69) is 35.3 Å². The summed E-state index contributed by atoms with van der Waals surface area (Å²) >= 11 is 0. The molecule has 0 aliphatic rings. The van der Waals surface area contributed by atoms with Crippen LogP contribution in [0.1, 0.15) is 108 Å². The lowest BCUT2D eigenvalue weighted by Gasteiger charge is -2.12. The number of hydrogen-bond acceptors (Lipinski definition) is 3. The average Bonchev–Trinajstić information content (AvgIpc) is 3.30. The van der Waals surface area contributed by atoms with E-state index >= 15 is 0 Å². The number of nitrogens with zero attached hydrogens (tertiary/aromatic N) is 2. The first-order chi connectivity index (χ1) is 16.2. The Morgan fingerprint density at radius 1 is 0.727 bits per heavy atom. The van der Waals surface area contributed by atoms with Gasteiger partial charge in [-0.15, -0.1) is 0 Å². The summed E-state index contributed by atoms with van der Waals surface area (Å²) in [6.07, 6.45) is 20.0. The van der Waals surface area contributed by atoms with Crippen molar-refractivity contribution in [3.63, 3.8) is 0 Å². The molecule has 0 amide bonds. The van der Waals surface area contributed by atoms with Crippen LogP contribution in [-0.2, 0) is 6.42 Å². The number of aromatic nitrogens is 3. The fourth-order valence-electron chi connectivity index (χ4n) is 4.84. The summed E-state index contributed by atoms with van der Waals surface area (Å²) in [7, 11) is 0. The van der Waals surface area contributed by atoms with Gasteiger partial charge in [0.05, 0.1) is 0 Å². The molecule has 0 unspecified atom stereocenters. The van der Waals surface area contributed by atoms with Gasteiger partial charge in [0.25, 0.3) is 0 Å². The van der Waals surface area contributed by atoms with Gasteiger partial charge in [-0.3, -0.25) is 0 Å². The maximum absolute atomic E-state index is 11.0. The van der Waals surface area contributed by atoms with E-state index in [0.29, 0.717) is 5.75 Å². The molecule has 2 N–H and O–H groups in total. The second kappa shape index (κ2) is 14.0. The number of phenolic OH excluding ortho intramolecular Hbond substituents is 1. The topological polar surface area (TPSA) is 61.8 Å². The van der Waals surface area contributed by atoms with Crippen LogP contribution in [0.15, 0.2) is 30.3 Å². The summed E-state index contributed by atoms with van der Waals surface area (Å²) in [5.74, 6) is 0.394. The van der Waals surface area contributed by atoms with Crippen LogP contribution < -0.4 is 0 Å². The number of nitrogens with one attached hydrogen (secondary N) is 1. The monoisotopic (exact) mass is 449 g/mol. The summed E-state index contributed by atoms with van der Waals surface area (Å²) in [6, 6.07) is 10.1. The molecule has 0 fully saturated rings. The summed E-state index contributed by atoms with van der Waals surface area (Å²) in [4.78, 5) is 0. The smallest absolute Gasteiger partial charge is 0.126 e. The maximum atomic E-state index is 11.0. The number of hydrogen-bond donors (Lipinski definition) is 2. The second-order valence-electron chi connectivity index (χ2n) is 9.66. The summed E-state index contributed by atoms with van der Waals surface area (Å²) in [5, 5.41) is 22.2. The molecule has 0 saturated heterocycles. The predicted octanol–water partition coefficient (Wildman–Crippen LogP) is 8.66. The summed E-state index contributed by atoms with van der Waals surface area (Å²) < 4.78 is 0. The van der Waals surface area contributed by atoms with E-state index in [9.17, 15) is 5.11 Å². The molecule has 0 atom stereocenters. The molecule has 4 nitrogen and oxygen atoms in total. The van der Waals surface area contributed by atoms with Crippen molar-refractivity contribution in [1.82, 2.24) is 15.4 Å². The standard InChI is InChI=1S/C29H43N3O/c1-3-4-5-6-7-8-9-10-11-12-13-14-15-16-18-24-21-23(2)22-26(29(24)33)25-19-17-20-27-28(25)31-32-30-27/h17,19-22,33H,3-16,18H2,1-2H3,(H,30,31,32). The van der Waals surface area contributed by atoms with Crippen molar-refractivity contribution in [3.8, 4) is 16.9 Å². The zero-order valence-electron chi connectivity index (χ0n) is 20.8. The zero-order valence-corrected chi connectivity index (χ0v) is 20.8. The van der Waals surface area contributed by atoms with Crippen molar-refractivity contribution in [3.05, 3.63) is 41.5 Å². The Labute approximate surface area is 200 Å². The molecule has 4 heteroatoms. The van der Waals surface area contributed by atoms with Crippen molar-refractivity contribution >= 4 is 11.0 Å². The van der Waals surface area contributed by atoms with Crippen molar-refractivity contribution in [2.45, 2.75) is 110 Å². The Kier molecular flexibility index (Phi) is 10.7. The highest BCUT2D eigenvalue weighted by molar-refractivity contribution is 5.93. The van der Waals surface area contributed by atoms with Crippen LogP contribution in [0.25, 0.3) is 22.2 Å². The fourth-order valence-corrected chi connectivity index (χ4v) is 4.84. The van der Waals surface area contributed by atoms with Gasteiger partial charge in [-0.2, -0.15) is 15.4 Å². The molecule has 3 rings (SSSR count). The highest BCUT2D eigenvalue weighted by atomic mass is 16.3.